The molecule has 0 amide bonds. The van der Waals surface area contributed by atoms with Crippen LogP contribution in [0.5, 0.6) is 0 Å². The zero-order chi connectivity index (χ0) is 6.97. The maximum Gasteiger partial charge on any atom is 0.0844 e. The van der Waals surface area contributed by atoms with Crippen LogP contribution in [0.3, 0.4) is 0 Å². The number of hydrogen-bond acceptors (Lipinski definition) is 1. The summed E-state index contributed by atoms with van der Waals surface area (Å²) in [6.45, 7) is 2.28. The predicted octanol–water partition coefficient (Wildman–Crippen LogP) is 2.35. The Hall–Kier alpha value is -0.0400. The molecule has 1 saturated carbocycles. The SMILES string of the molecule is CCCC1CCC2O[C@H]2C1. The fourth-order valence-corrected chi connectivity index (χ4v) is 2.16. The zero-order valence-corrected chi connectivity index (χ0v) is 6.68. The van der Waals surface area contributed by atoms with Crippen LogP contribution in [-0.2, 0) is 4.74 Å². The van der Waals surface area contributed by atoms with Crippen molar-refractivity contribution < 1.29 is 4.74 Å². The molecule has 1 saturated heterocycles. The second kappa shape index (κ2) is 2.54. The summed E-state index contributed by atoms with van der Waals surface area (Å²) in [5.41, 5.74) is 0. The van der Waals surface area contributed by atoms with Crippen molar-refractivity contribution in [3.05, 3.63) is 0 Å². The van der Waals surface area contributed by atoms with Gasteiger partial charge in [0.2, 0.25) is 0 Å². The van der Waals surface area contributed by atoms with Gasteiger partial charge < -0.3 is 4.74 Å². The van der Waals surface area contributed by atoms with Gasteiger partial charge in [-0.25, -0.2) is 0 Å². The summed E-state index contributed by atoms with van der Waals surface area (Å²) in [4.78, 5) is 0. The predicted molar refractivity (Wildman–Crippen MR) is 40.9 cm³/mol. The highest BCUT2D eigenvalue weighted by Crippen LogP contribution is 2.40. The van der Waals surface area contributed by atoms with Crippen molar-refractivity contribution >= 4 is 0 Å². The van der Waals surface area contributed by atoms with Crippen molar-refractivity contribution in [1.29, 1.82) is 0 Å². The van der Waals surface area contributed by atoms with Crippen molar-refractivity contribution in [1.82, 2.24) is 0 Å². The van der Waals surface area contributed by atoms with E-state index in [0.29, 0.717) is 12.2 Å². The molecule has 2 rings (SSSR count). The largest absolute Gasteiger partial charge is 0.370 e. The van der Waals surface area contributed by atoms with E-state index < -0.39 is 0 Å². The number of rotatable bonds is 2. The summed E-state index contributed by atoms with van der Waals surface area (Å²) in [5.74, 6) is 0.994. The summed E-state index contributed by atoms with van der Waals surface area (Å²) in [6, 6.07) is 0. The monoisotopic (exact) mass is 140 g/mol. The molecule has 0 spiro atoms. The fourth-order valence-electron chi connectivity index (χ4n) is 2.16. The van der Waals surface area contributed by atoms with E-state index in [1.165, 1.54) is 32.1 Å². The number of hydrogen-bond donors (Lipinski definition) is 0. The maximum absolute atomic E-state index is 5.45. The second-order valence-corrected chi connectivity index (χ2v) is 3.68. The average molecular weight is 140 g/mol. The molecule has 1 aliphatic heterocycles. The van der Waals surface area contributed by atoms with E-state index in [4.69, 9.17) is 4.74 Å². The molecule has 58 valence electrons. The molecule has 0 aromatic rings. The minimum atomic E-state index is 0.685. The summed E-state index contributed by atoms with van der Waals surface area (Å²) in [5, 5.41) is 0. The van der Waals surface area contributed by atoms with Gasteiger partial charge in [0, 0.05) is 0 Å². The van der Waals surface area contributed by atoms with Gasteiger partial charge in [-0.2, -0.15) is 0 Å². The first kappa shape index (κ1) is 6.66. The molecule has 2 unspecified atom stereocenters. The lowest BCUT2D eigenvalue weighted by Gasteiger charge is -2.17. The minimum absolute atomic E-state index is 0.685. The van der Waals surface area contributed by atoms with Crippen LogP contribution in [0, 0.1) is 5.92 Å². The van der Waals surface area contributed by atoms with Gasteiger partial charge in [-0.05, 0) is 25.2 Å². The highest BCUT2D eigenvalue weighted by Gasteiger charge is 2.43. The molecule has 2 aliphatic rings. The Balaban J connectivity index is 1.77. The van der Waals surface area contributed by atoms with Gasteiger partial charge in [0.1, 0.15) is 0 Å². The van der Waals surface area contributed by atoms with Gasteiger partial charge in [0.25, 0.3) is 0 Å². The first-order valence-corrected chi connectivity index (χ1v) is 4.55. The lowest BCUT2D eigenvalue weighted by Crippen LogP contribution is -2.12. The number of fused-ring (bicyclic) bond motifs is 1. The van der Waals surface area contributed by atoms with E-state index in [-0.39, 0.29) is 0 Å². The van der Waals surface area contributed by atoms with Crippen LogP contribution in [0.25, 0.3) is 0 Å². The van der Waals surface area contributed by atoms with Crippen LogP contribution >= 0.6 is 0 Å². The topological polar surface area (TPSA) is 12.5 Å². The molecule has 3 atom stereocenters. The molecule has 1 nitrogen and oxygen atoms in total. The zero-order valence-electron chi connectivity index (χ0n) is 6.68. The molecule has 1 heteroatoms. The summed E-state index contributed by atoms with van der Waals surface area (Å²) >= 11 is 0. The minimum Gasteiger partial charge on any atom is -0.370 e. The Labute approximate surface area is 62.8 Å². The van der Waals surface area contributed by atoms with Crippen LogP contribution in [0.15, 0.2) is 0 Å². The second-order valence-electron chi connectivity index (χ2n) is 3.68. The smallest absolute Gasteiger partial charge is 0.0844 e. The quantitative estimate of drug-likeness (QED) is 0.536. The van der Waals surface area contributed by atoms with Crippen LogP contribution in [0.4, 0.5) is 0 Å². The van der Waals surface area contributed by atoms with Crippen molar-refractivity contribution in [3.63, 3.8) is 0 Å². The molecule has 0 bridgehead atoms. The molecule has 0 N–H and O–H groups in total. The van der Waals surface area contributed by atoms with Gasteiger partial charge in [-0.15, -0.1) is 0 Å². The van der Waals surface area contributed by atoms with E-state index in [9.17, 15) is 0 Å². The van der Waals surface area contributed by atoms with Crippen molar-refractivity contribution in [2.45, 2.75) is 51.2 Å². The molecular formula is C9H16O. The Morgan fingerprint density at radius 1 is 1.30 bits per heavy atom. The molecule has 1 heterocycles. The van der Waals surface area contributed by atoms with Crippen LogP contribution in [0.1, 0.15) is 39.0 Å². The summed E-state index contributed by atoms with van der Waals surface area (Å²) in [7, 11) is 0. The summed E-state index contributed by atoms with van der Waals surface area (Å²) in [6.07, 6.45) is 8.27. The third-order valence-electron chi connectivity index (χ3n) is 2.81. The molecule has 1 aliphatic carbocycles. The van der Waals surface area contributed by atoms with Gasteiger partial charge in [-0.1, -0.05) is 19.8 Å². The van der Waals surface area contributed by atoms with Crippen molar-refractivity contribution in [2.75, 3.05) is 0 Å². The first-order valence-electron chi connectivity index (χ1n) is 4.55. The summed E-state index contributed by atoms with van der Waals surface area (Å²) < 4.78 is 5.45. The van der Waals surface area contributed by atoms with Gasteiger partial charge in [-0.3, -0.25) is 0 Å². The Bertz CT molecular complexity index is 122. The molecule has 0 radical (unpaired) electrons. The standard InChI is InChI=1S/C9H16O/c1-2-3-7-4-5-8-9(6-7)10-8/h7-9H,2-6H2,1H3/t7?,8?,9-/m0/s1. The third-order valence-corrected chi connectivity index (χ3v) is 2.81. The highest BCUT2D eigenvalue weighted by molar-refractivity contribution is 4.91. The van der Waals surface area contributed by atoms with E-state index in [0.717, 1.165) is 5.92 Å². The average Bonchev–Trinajstić information content (AvgIpc) is 2.66. The molecule has 0 aromatic heterocycles. The Morgan fingerprint density at radius 2 is 2.20 bits per heavy atom. The van der Waals surface area contributed by atoms with Crippen LogP contribution in [-0.4, -0.2) is 12.2 Å². The molecule has 2 fully saturated rings. The molecular weight excluding hydrogens is 124 g/mol. The normalized spacial score (nSPS) is 44.7. The van der Waals surface area contributed by atoms with E-state index in [1.807, 2.05) is 0 Å². The number of ether oxygens (including phenoxy) is 1. The first-order chi connectivity index (χ1) is 4.90. The van der Waals surface area contributed by atoms with E-state index in [1.54, 1.807) is 0 Å². The Morgan fingerprint density at radius 3 is 2.90 bits per heavy atom. The van der Waals surface area contributed by atoms with E-state index in [2.05, 4.69) is 6.92 Å². The van der Waals surface area contributed by atoms with Crippen LogP contribution < -0.4 is 0 Å². The lowest BCUT2D eigenvalue weighted by atomic mass is 9.86. The maximum atomic E-state index is 5.45. The van der Waals surface area contributed by atoms with Crippen molar-refractivity contribution in [3.8, 4) is 0 Å². The van der Waals surface area contributed by atoms with E-state index >= 15 is 0 Å². The number of epoxide rings is 1. The Kier molecular flexibility index (Phi) is 1.69. The lowest BCUT2D eigenvalue weighted by molar-refractivity contribution is 0.350. The molecule has 0 aromatic carbocycles. The van der Waals surface area contributed by atoms with Gasteiger partial charge in [0.05, 0.1) is 12.2 Å². The van der Waals surface area contributed by atoms with Gasteiger partial charge >= 0.3 is 0 Å². The third kappa shape index (κ3) is 1.20. The molecule has 10 heavy (non-hydrogen) atoms. The van der Waals surface area contributed by atoms with Gasteiger partial charge in [0.15, 0.2) is 0 Å². The fraction of sp³-hybridized carbons (Fsp3) is 1.00. The van der Waals surface area contributed by atoms with Crippen molar-refractivity contribution in [2.24, 2.45) is 5.92 Å². The van der Waals surface area contributed by atoms with Crippen LogP contribution in [0.2, 0.25) is 0 Å². The highest BCUT2D eigenvalue weighted by atomic mass is 16.6.